The molecule has 0 fully saturated rings. The Hall–Kier alpha value is -2.53. The molecule has 0 saturated heterocycles. The molecule has 1 atom stereocenters. The summed E-state index contributed by atoms with van der Waals surface area (Å²) in [5.41, 5.74) is 1.41. The maximum absolute atomic E-state index is 13.3. The van der Waals surface area contributed by atoms with Crippen LogP contribution in [0.15, 0.2) is 53.3 Å². The first-order chi connectivity index (χ1) is 11.0. The van der Waals surface area contributed by atoms with Crippen molar-refractivity contribution in [3.63, 3.8) is 0 Å². The highest BCUT2D eigenvalue weighted by molar-refractivity contribution is 5.77. The van der Waals surface area contributed by atoms with Gasteiger partial charge in [0.1, 0.15) is 11.6 Å². The standard InChI is InChI=1S/C18H18FN3O/c1-12(22(2)11-13-6-5-7-14(19)10-13)17-20-16-9-4-3-8-15(16)18(23)21-17/h3-10,12H,11H2,1-2H3,(H,20,21,23)/t12-/m1/s1. The van der Waals surface area contributed by atoms with E-state index in [0.29, 0.717) is 23.3 Å². The number of aromatic amines is 1. The number of nitrogens with zero attached hydrogens (tertiary/aromatic N) is 2. The predicted molar refractivity (Wildman–Crippen MR) is 88.6 cm³/mol. The average Bonchev–Trinajstić information content (AvgIpc) is 2.54. The summed E-state index contributed by atoms with van der Waals surface area (Å²) < 4.78 is 13.3. The first-order valence-corrected chi connectivity index (χ1v) is 7.48. The number of hydrogen-bond donors (Lipinski definition) is 1. The molecule has 0 amide bonds. The molecule has 1 N–H and O–H groups in total. The number of hydrogen-bond acceptors (Lipinski definition) is 3. The second-order valence-electron chi connectivity index (χ2n) is 5.69. The Kier molecular flexibility index (Phi) is 4.21. The predicted octanol–water partition coefficient (Wildman–Crippen LogP) is 3.26. The summed E-state index contributed by atoms with van der Waals surface area (Å²) in [5, 5.41) is 0.580. The minimum absolute atomic E-state index is 0.101. The Morgan fingerprint density at radius 3 is 2.78 bits per heavy atom. The molecule has 0 aliphatic rings. The van der Waals surface area contributed by atoms with Gasteiger partial charge in [0.15, 0.2) is 0 Å². The summed E-state index contributed by atoms with van der Waals surface area (Å²) >= 11 is 0. The molecule has 23 heavy (non-hydrogen) atoms. The van der Waals surface area contributed by atoms with Crippen molar-refractivity contribution in [2.24, 2.45) is 0 Å². The van der Waals surface area contributed by atoms with Gasteiger partial charge in [-0.3, -0.25) is 9.69 Å². The first-order valence-electron chi connectivity index (χ1n) is 7.48. The van der Waals surface area contributed by atoms with Gasteiger partial charge in [0, 0.05) is 6.54 Å². The number of benzene rings is 2. The van der Waals surface area contributed by atoms with Gasteiger partial charge in [0.25, 0.3) is 5.56 Å². The number of para-hydroxylation sites is 1. The second kappa shape index (κ2) is 6.30. The quantitative estimate of drug-likeness (QED) is 0.804. The zero-order chi connectivity index (χ0) is 16.4. The van der Waals surface area contributed by atoms with Gasteiger partial charge >= 0.3 is 0 Å². The van der Waals surface area contributed by atoms with Crippen LogP contribution < -0.4 is 5.56 Å². The Morgan fingerprint density at radius 2 is 2.00 bits per heavy atom. The molecule has 0 aliphatic heterocycles. The number of nitrogens with one attached hydrogen (secondary N) is 1. The van der Waals surface area contributed by atoms with E-state index in [2.05, 4.69) is 9.97 Å². The highest BCUT2D eigenvalue weighted by atomic mass is 19.1. The molecular weight excluding hydrogens is 293 g/mol. The van der Waals surface area contributed by atoms with Crippen LogP contribution in [0.3, 0.4) is 0 Å². The molecule has 3 aromatic rings. The van der Waals surface area contributed by atoms with Gasteiger partial charge in [0.05, 0.1) is 16.9 Å². The molecule has 2 aromatic carbocycles. The monoisotopic (exact) mass is 311 g/mol. The van der Waals surface area contributed by atoms with Crippen LogP contribution in [0.1, 0.15) is 24.4 Å². The zero-order valence-corrected chi connectivity index (χ0v) is 13.1. The number of halogens is 1. The highest BCUT2D eigenvalue weighted by Crippen LogP contribution is 2.18. The molecule has 0 saturated carbocycles. The normalized spacial score (nSPS) is 12.7. The van der Waals surface area contributed by atoms with Gasteiger partial charge < -0.3 is 4.98 Å². The van der Waals surface area contributed by atoms with Crippen LogP contribution in [-0.2, 0) is 6.54 Å². The molecule has 118 valence electrons. The van der Waals surface area contributed by atoms with Crippen molar-refractivity contribution in [1.29, 1.82) is 0 Å². The third-order valence-corrected chi connectivity index (χ3v) is 4.01. The lowest BCUT2D eigenvalue weighted by Crippen LogP contribution is -2.26. The molecule has 0 radical (unpaired) electrons. The molecule has 1 heterocycles. The Morgan fingerprint density at radius 1 is 1.22 bits per heavy atom. The van der Waals surface area contributed by atoms with Gasteiger partial charge in [-0.15, -0.1) is 0 Å². The smallest absolute Gasteiger partial charge is 0.258 e. The summed E-state index contributed by atoms with van der Waals surface area (Å²) in [6, 6.07) is 13.7. The molecule has 1 aromatic heterocycles. The fourth-order valence-corrected chi connectivity index (χ4v) is 2.57. The Labute approximate surface area is 133 Å². The Balaban J connectivity index is 1.87. The van der Waals surface area contributed by atoms with Crippen LogP contribution >= 0.6 is 0 Å². The van der Waals surface area contributed by atoms with E-state index in [1.165, 1.54) is 12.1 Å². The van der Waals surface area contributed by atoms with Gasteiger partial charge in [-0.2, -0.15) is 0 Å². The summed E-state index contributed by atoms with van der Waals surface area (Å²) in [5.74, 6) is 0.355. The molecule has 5 heteroatoms. The van der Waals surface area contributed by atoms with Crippen molar-refractivity contribution in [3.8, 4) is 0 Å². The summed E-state index contributed by atoms with van der Waals surface area (Å²) in [6.45, 7) is 2.53. The van der Waals surface area contributed by atoms with E-state index in [-0.39, 0.29) is 17.4 Å². The number of aromatic nitrogens is 2. The van der Waals surface area contributed by atoms with Crippen LogP contribution in [0.25, 0.3) is 10.9 Å². The Bertz CT molecular complexity index is 891. The van der Waals surface area contributed by atoms with E-state index in [1.807, 2.05) is 43.1 Å². The van der Waals surface area contributed by atoms with Gasteiger partial charge in [-0.25, -0.2) is 9.37 Å². The van der Waals surface area contributed by atoms with Gasteiger partial charge in [0.2, 0.25) is 0 Å². The fraction of sp³-hybridized carbons (Fsp3) is 0.222. The third-order valence-electron chi connectivity index (χ3n) is 4.01. The molecule has 0 bridgehead atoms. The minimum Gasteiger partial charge on any atom is -0.309 e. The maximum atomic E-state index is 13.3. The van der Waals surface area contributed by atoms with Crippen LogP contribution in [0.4, 0.5) is 4.39 Å². The van der Waals surface area contributed by atoms with Crippen molar-refractivity contribution < 1.29 is 4.39 Å². The number of H-pyrrole nitrogens is 1. The van der Waals surface area contributed by atoms with Crippen molar-refractivity contribution in [3.05, 3.63) is 76.1 Å². The van der Waals surface area contributed by atoms with Crippen LogP contribution in [0.2, 0.25) is 0 Å². The van der Waals surface area contributed by atoms with Crippen molar-refractivity contribution in [1.82, 2.24) is 14.9 Å². The van der Waals surface area contributed by atoms with Crippen LogP contribution in [0.5, 0.6) is 0 Å². The largest absolute Gasteiger partial charge is 0.309 e. The van der Waals surface area contributed by atoms with E-state index < -0.39 is 0 Å². The topological polar surface area (TPSA) is 49.0 Å². The zero-order valence-electron chi connectivity index (χ0n) is 13.1. The minimum atomic E-state index is -0.249. The number of fused-ring (bicyclic) bond motifs is 1. The van der Waals surface area contributed by atoms with Gasteiger partial charge in [-0.1, -0.05) is 24.3 Å². The van der Waals surface area contributed by atoms with Crippen molar-refractivity contribution in [2.45, 2.75) is 19.5 Å². The molecule has 0 spiro atoms. The lowest BCUT2D eigenvalue weighted by Gasteiger charge is -2.24. The molecule has 3 rings (SSSR count). The lowest BCUT2D eigenvalue weighted by molar-refractivity contribution is 0.243. The third kappa shape index (κ3) is 3.29. The maximum Gasteiger partial charge on any atom is 0.258 e. The molecule has 0 unspecified atom stereocenters. The summed E-state index contributed by atoms with van der Waals surface area (Å²) in [4.78, 5) is 21.6. The van der Waals surface area contributed by atoms with Crippen LogP contribution in [-0.4, -0.2) is 21.9 Å². The van der Waals surface area contributed by atoms with E-state index in [1.54, 1.807) is 12.1 Å². The van der Waals surface area contributed by atoms with Crippen molar-refractivity contribution >= 4 is 10.9 Å². The van der Waals surface area contributed by atoms with E-state index in [0.717, 1.165) is 5.56 Å². The van der Waals surface area contributed by atoms with E-state index >= 15 is 0 Å². The average molecular weight is 311 g/mol. The second-order valence-corrected chi connectivity index (χ2v) is 5.69. The lowest BCUT2D eigenvalue weighted by atomic mass is 10.1. The molecular formula is C18H18FN3O. The van der Waals surface area contributed by atoms with Crippen molar-refractivity contribution in [2.75, 3.05) is 7.05 Å². The SMILES string of the molecule is C[C@H](c1nc2ccccc2c(=O)[nH]1)N(C)Cc1cccc(F)c1. The van der Waals surface area contributed by atoms with E-state index in [4.69, 9.17) is 0 Å². The highest BCUT2D eigenvalue weighted by Gasteiger charge is 2.16. The summed E-state index contributed by atoms with van der Waals surface area (Å²) in [7, 11) is 1.92. The molecule has 4 nitrogen and oxygen atoms in total. The number of rotatable bonds is 4. The fourth-order valence-electron chi connectivity index (χ4n) is 2.57. The van der Waals surface area contributed by atoms with E-state index in [9.17, 15) is 9.18 Å². The molecule has 0 aliphatic carbocycles. The summed E-state index contributed by atoms with van der Waals surface area (Å²) in [6.07, 6.45) is 0. The first kappa shape index (κ1) is 15.4. The van der Waals surface area contributed by atoms with Crippen LogP contribution in [0, 0.1) is 5.82 Å². The van der Waals surface area contributed by atoms with Gasteiger partial charge in [-0.05, 0) is 43.8 Å².